The lowest BCUT2D eigenvalue weighted by Crippen LogP contribution is -1.92. The van der Waals surface area contributed by atoms with Crippen LogP contribution in [0.25, 0.3) is 0 Å². The van der Waals surface area contributed by atoms with E-state index in [1.165, 1.54) is 0 Å². The van der Waals surface area contributed by atoms with Gasteiger partial charge in [-0.05, 0) is 78.9 Å². The number of carbonyl (C=O) groups excluding carboxylic acids is 2. The van der Waals surface area contributed by atoms with E-state index in [9.17, 15) is 9.59 Å². The lowest BCUT2D eigenvalue weighted by Gasteiger charge is -2.09. The molecule has 0 heterocycles. The molecule has 33 heavy (non-hydrogen) atoms. The fraction of sp³-hybridized carbons (Fsp3) is 0.0345. The molecular formula is C29H18O4. The fourth-order valence-electron chi connectivity index (χ4n) is 3.52. The molecule has 4 nitrogen and oxygen atoms in total. The molecule has 0 N–H and O–H groups in total. The number of ketones is 2. The highest BCUT2D eigenvalue weighted by atomic mass is 16.5. The van der Waals surface area contributed by atoms with E-state index in [0.717, 1.165) is 11.1 Å². The predicted octanol–water partition coefficient (Wildman–Crippen LogP) is 6.44. The summed E-state index contributed by atoms with van der Waals surface area (Å²) in [5.41, 5.74) is 2.77. The van der Waals surface area contributed by atoms with Crippen molar-refractivity contribution in [2.75, 3.05) is 0 Å². The number of hydrogen-bond acceptors (Lipinski definition) is 4. The minimum atomic E-state index is -0.165. The molecule has 0 fully saturated rings. The summed E-state index contributed by atoms with van der Waals surface area (Å²) in [6, 6.07) is 29.6. The summed E-state index contributed by atoms with van der Waals surface area (Å²) in [6.07, 6.45) is -0.0641. The van der Waals surface area contributed by atoms with Crippen molar-refractivity contribution >= 4 is 11.6 Å². The molecule has 0 saturated carbocycles. The van der Waals surface area contributed by atoms with Crippen molar-refractivity contribution in [3.63, 3.8) is 0 Å². The van der Waals surface area contributed by atoms with Crippen molar-refractivity contribution in [2.24, 2.45) is 0 Å². The Morgan fingerprint density at radius 2 is 1.00 bits per heavy atom. The monoisotopic (exact) mass is 430 g/mol. The van der Waals surface area contributed by atoms with Gasteiger partial charge in [0.2, 0.25) is 0 Å². The Morgan fingerprint density at radius 1 is 0.515 bits per heavy atom. The number of benzene rings is 4. The summed E-state index contributed by atoms with van der Waals surface area (Å²) >= 11 is 0. The average Bonchev–Trinajstić information content (AvgIpc) is 3.13. The van der Waals surface area contributed by atoms with E-state index >= 15 is 0 Å². The first-order chi connectivity index (χ1) is 16.1. The standard InChI is InChI=1S/C29H18O4/c30-28-19-29(31)27-18-25(16-17-26(27)28)33-24-14-12-23(13-15-24)32-22-10-8-21(9-11-22)7-6-20-4-2-1-3-5-20/h1-5,8-18H,19H2. The van der Waals surface area contributed by atoms with Gasteiger partial charge in [-0.1, -0.05) is 30.0 Å². The number of hydrogen-bond donors (Lipinski definition) is 0. The Balaban J connectivity index is 1.22. The van der Waals surface area contributed by atoms with Gasteiger partial charge in [0.25, 0.3) is 0 Å². The van der Waals surface area contributed by atoms with Gasteiger partial charge in [-0.15, -0.1) is 0 Å². The molecule has 5 rings (SSSR count). The fourth-order valence-corrected chi connectivity index (χ4v) is 3.52. The number of Topliss-reactive ketones (excluding diaryl/α,β-unsaturated/α-hetero) is 2. The maximum atomic E-state index is 11.9. The minimum absolute atomic E-state index is 0.0641. The molecule has 0 bridgehead atoms. The van der Waals surface area contributed by atoms with E-state index < -0.39 is 0 Å². The molecule has 0 amide bonds. The van der Waals surface area contributed by atoms with Crippen molar-refractivity contribution in [3.8, 4) is 34.8 Å². The van der Waals surface area contributed by atoms with Crippen LogP contribution in [0.15, 0.2) is 97.1 Å². The van der Waals surface area contributed by atoms with Crippen LogP contribution >= 0.6 is 0 Å². The topological polar surface area (TPSA) is 52.6 Å². The van der Waals surface area contributed by atoms with Crippen molar-refractivity contribution in [1.82, 2.24) is 0 Å². The van der Waals surface area contributed by atoms with Gasteiger partial charge >= 0.3 is 0 Å². The van der Waals surface area contributed by atoms with E-state index in [2.05, 4.69) is 11.8 Å². The highest BCUT2D eigenvalue weighted by Gasteiger charge is 2.27. The summed E-state index contributed by atoms with van der Waals surface area (Å²) in [7, 11) is 0. The lowest BCUT2D eigenvalue weighted by atomic mass is 10.1. The Labute approximate surface area is 191 Å². The number of ether oxygens (including phenoxy) is 2. The van der Waals surface area contributed by atoms with E-state index in [1.807, 2.05) is 54.6 Å². The quantitative estimate of drug-likeness (QED) is 0.276. The Hall–Kier alpha value is -4.62. The molecule has 4 aromatic rings. The molecule has 0 aromatic heterocycles. The number of carbonyl (C=O) groups is 2. The molecule has 4 aromatic carbocycles. The normalized spacial score (nSPS) is 12.0. The second-order valence-corrected chi connectivity index (χ2v) is 7.55. The largest absolute Gasteiger partial charge is 0.457 e. The highest BCUT2D eigenvalue weighted by molar-refractivity contribution is 6.24. The average molecular weight is 430 g/mol. The van der Waals surface area contributed by atoms with Crippen LogP contribution in [0, 0.1) is 11.8 Å². The van der Waals surface area contributed by atoms with Gasteiger partial charge in [-0.2, -0.15) is 0 Å². The molecule has 0 atom stereocenters. The summed E-state index contributed by atoms with van der Waals surface area (Å²) in [5.74, 6) is 8.46. The van der Waals surface area contributed by atoms with E-state index in [-0.39, 0.29) is 18.0 Å². The zero-order valence-corrected chi connectivity index (χ0v) is 17.6. The van der Waals surface area contributed by atoms with Crippen LogP contribution < -0.4 is 9.47 Å². The summed E-state index contributed by atoms with van der Waals surface area (Å²) in [6.45, 7) is 0. The smallest absolute Gasteiger partial charge is 0.171 e. The second-order valence-electron chi connectivity index (χ2n) is 7.55. The maximum absolute atomic E-state index is 11.9. The summed E-state index contributed by atoms with van der Waals surface area (Å²) in [5, 5.41) is 0. The maximum Gasteiger partial charge on any atom is 0.171 e. The molecule has 0 radical (unpaired) electrons. The van der Waals surface area contributed by atoms with Crippen LogP contribution in [0.4, 0.5) is 0 Å². The Kier molecular flexibility index (Phi) is 5.45. The van der Waals surface area contributed by atoms with Crippen LogP contribution in [0.1, 0.15) is 38.3 Å². The van der Waals surface area contributed by atoms with Gasteiger partial charge < -0.3 is 9.47 Å². The van der Waals surface area contributed by atoms with Crippen LogP contribution in [-0.2, 0) is 0 Å². The van der Waals surface area contributed by atoms with Crippen molar-refractivity contribution < 1.29 is 19.1 Å². The SMILES string of the molecule is O=C1CC(=O)c2cc(Oc3ccc(Oc4ccc(C#Cc5ccccc5)cc4)cc3)ccc21. The first-order valence-electron chi connectivity index (χ1n) is 10.5. The number of fused-ring (bicyclic) bond motifs is 1. The molecule has 1 aliphatic rings. The molecular weight excluding hydrogens is 412 g/mol. The van der Waals surface area contributed by atoms with Crippen LogP contribution in [-0.4, -0.2) is 11.6 Å². The van der Waals surface area contributed by atoms with Gasteiger partial charge in [-0.25, -0.2) is 0 Å². The van der Waals surface area contributed by atoms with E-state index in [1.54, 1.807) is 42.5 Å². The van der Waals surface area contributed by atoms with Gasteiger partial charge in [0, 0.05) is 22.3 Å². The second kappa shape index (κ2) is 8.86. The van der Waals surface area contributed by atoms with Crippen LogP contribution in [0.3, 0.4) is 0 Å². The van der Waals surface area contributed by atoms with Crippen LogP contribution in [0.2, 0.25) is 0 Å². The summed E-state index contributed by atoms with van der Waals surface area (Å²) in [4.78, 5) is 23.7. The molecule has 0 saturated heterocycles. The first kappa shape index (κ1) is 20.3. The molecule has 0 spiro atoms. The highest BCUT2D eigenvalue weighted by Crippen LogP contribution is 2.30. The third-order valence-electron chi connectivity index (χ3n) is 5.19. The van der Waals surface area contributed by atoms with Crippen LogP contribution in [0.5, 0.6) is 23.0 Å². The molecule has 0 aliphatic heterocycles. The molecule has 1 aliphatic carbocycles. The van der Waals surface area contributed by atoms with Crippen molar-refractivity contribution in [1.29, 1.82) is 0 Å². The lowest BCUT2D eigenvalue weighted by molar-refractivity contribution is 0.0923. The minimum Gasteiger partial charge on any atom is -0.457 e. The van der Waals surface area contributed by atoms with E-state index in [0.29, 0.717) is 34.1 Å². The van der Waals surface area contributed by atoms with Gasteiger partial charge in [0.1, 0.15) is 23.0 Å². The Bertz CT molecular complexity index is 1390. The van der Waals surface area contributed by atoms with Crippen molar-refractivity contribution in [2.45, 2.75) is 6.42 Å². The third-order valence-corrected chi connectivity index (χ3v) is 5.19. The zero-order chi connectivity index (χ0) is 22.6. The van der Waals surface area contributed by atoms with Gasteiger partial charge in [-0.3, -0.25) is 9.59 Å². The summed E-state index contributed by atoms with van der Waals surface area (Å²) < 4.78 is 11.7. The van der Waals surface area contributed by atoms with Gasteiger partial charge in [0.05, 0.1) is 6.42 Å². The van der Waals surface area contributed by atoms with Gasteiger partial charge in [0.15, 0.2) is 11.6 Å². The third kappa shape index (κ3) is 4.68. The van der Waals surface area contributed by atoms with E-state index in [4.69, 9.17) is 9.47 Å². The molecule has 158 valence electrons. The Morgan fingerprint density at radius 3 is 1.64 bits per heavy atom. The number of rotatable bonds is 4. The molecule has 4 heteroatoms. The zero-order valence-electron chi connectivity index (χ0n) is 17.6. The first-order valence-corrected chi connectivity index (χ1v) is 10.5. The predicted molar refractivity (Wildman–Crippen MR) is 125 cm³/mol. The van der Waals surface area contributed by atoms with Crippen molar-refractivity contribution in [3.05, 3.63) is 119 Å². The molecule has 0 unspecified atom stereocenters.